The average molecular weight is 284 g/mol. The standard InChI is InChI=1S/C15H28N2OS/c1-6-9-12-13(10-16-7-2)19-15(17-12)14(11(4)5)18-8-3/h11,14,16H,6-10H2,1-5H3. The van der Waals surface area contributed by atoms with Crippen molar-refractivity contribution in [3.63, 3.8) is 0 Å². The third kappa shape index (κ3) is 4.86. The van der Waals surface area contributed by atoms with Crippen molar-refractivity contribution in [3.05, 3.63) is 15.6 Å². The first-order chi connectivity index (χ1) is 9.13. The van der Waals surface area contributed by atoms with Gasteiger partial charge in [0.05, 0.1) is 5.69 Å². The van der Waals surface area contributed by atoms with Crippen LogP contribution in [-0.4, -0.2) is 18.1 Å². The van der Waals surface area contributed by atoms with Gasteiger partial charge < -0.3 is 10.1 Å². The lowest BCUT2D eigenvalue weighted by Gasteiger charge is -2.18. The van der Waals surface area contributed by atoms with Crippen LogP contribution < -0.4 is 5.32 Å². The minimum absolute atomic E-state index is 0.140. The first-order valence-corrected chi connectivity index (χ1v) is 8.26. The molecule has 1 heterocycles. The van der Waals surface area contributed by atoms with Gasteiger partial charge >= 0.3 is 0 Å². The molecule has 1 aromatic rings. The molecule has 0 fully saturated rings. The molecule has 0 bridgehead atoms. The summed E-state index contributed by atoms with van der Waals surface area (Å²) in [5.74, 6) is 0.465. The molecular formula is C15H28N2OS. The second-order valence-electron chi connectivity index (χ2n) is 5.07. The Bertz CT molecular complexity index is 363. The molecule has 0 aliphatic rings. The van der Waals surface area contributed by atoms with Crippen molar-refractivity contribution in [2.24, 2.45) is 5.92 Å². The van der Waals surface area contributed by atoms with Gasteiger partial charge in [-0.3, -0.25) is 0 Å². The maximum atomic E-state index is 5.87. The normalized spacial score (nSPS) is 13.2. The van der Waals surface area contributed by atoms with Crippen LogP contribution in [0.4, 0.5) is 0 Å². The molecule has 19 heavy (non-hydrogen) atoms. The fourth-order valence-corrected chi connectivity index (χ4v) is 3.37. The second-order valence-corrected chi connectivity index (χ2v) is 6.19. The van der Waals surface area contributed by atoms with Crippen molar-refractivity contribution in [2.75, 3.05) is 13.2 Å². The molecule has 3 nitrogen and oxygen atoms in total. The van der Waals surface area contributed by atoms with Crippen LogP contribution in [0.25, 0.3) is 0 Å². The summed E-state index contributed by atoms with van der Waals surface area (Å²) in [5.41, 5.74) is 1.26. The Kier molecular flexibility index (Phi) is 7.57. The van der Waals surface area contributed by atoms with Gasteiger partial charge in [0.25, 0.3) is 0 Å². The van der Waals surface area contributed by atoms with Gasteiger partial charge in [-0.15, -0.1) is 11.3 Å². The summed E-state index contributed by atoms with van der Waals surface area (Å²) in [4.78, 5) is 6.23. The Morgan fingerprint density at radius 3 is 2.53 bits per heavy atom. The van der Waals surface area contributed by atoms with Crippen LogP contribution in [0.15, 0.2) is 0 Å². The molecule has 1 unspecified atom stereocenters. The van der Waals surface area contributed by atoms with Crippen molar-refractivity contribution in [2.45, 2.75) is 60.1 Å². The van der Waals surface area contributed by atoms with Gasteiger partial charge in [-0.05, 0) is 25.8 Å². The Balaban J connectivity index is 2.93. The number of hydrogen-bond acceptors (Lipinski definition) is 4. The van der Waals surface area contributed by atoms with Gasteiger partial charge in [-0.1, -0.05) is 34.1 Å². The zero-order chi connectivity index (χ0) is 14.3. The van der Waals surface area contributed by atoms with E-state index in [0.29, 0.717) is 5.92 Å². The summed E-state index contributed by atoms with van der Waals surface area (Å²) >= 11 is 1.82. The minimum Gasteiger partial charge on any atom is -0.371 e. The van der Waals surface area contributed by atoms with Crippen LogP contribution in [0.3, 0.4) is 0 Å². The van der Waals surface area contributed by atoms with E-state index in [9.17, 15) is 0 Å². The van der Waals surface area contributed by atoms with E-state index in [0.717, 1.165) is 37.5 Å². The Morgan fingerprint density at radius 2 is 2.00 bits per heavy atom. The van der Waals surface area contributed by atoms with Gasteiger partial charge in [0.2, 0.25) is 0 Å². The van der Waals surface area contributed by atoms with Crippen molar-refractivity contribution in [1.82, 2.24) is 10.3 Å². The van der Waals surface area contributed by atoms with Gasteiger partial charge in [0, 0.05) is 18.0 Å². The average Bonchev–Trinajstić information content (AvgIpc) is 2.76. The lowest BCUT2D eigenvalue weighted by molar-refractivity contribution is 0.0292. The van der Waals surface area contributed by atoms with E-state index in [4.69, 9.17) is 9.72 Å². The summed E-state index contributed by atoms with van der Waals surface area (Å²) in [5, 5.41) is 4.55. The third-order valence-electron chi connectivity index (χ3n) is 3.01. The van der Waals surface area contributed by atoms with Gasteiger partial charge in [-0.2, -0.15) is 0 Å². The first-order valence-electron chi connectivity index (χ1n) is 7.44. The van der Waals surface area contributed by atoms with E-state index in [1.165, 1.54) is 10.6 Å². The maximum Gasteiger partial charge on any atom is 0.122 e. The van der Waals surface area contributed by atoms with Crippen molar-refractivity contribution in [3.8, 4) is 0 Å². The molecule has 0 aliphatic carbocycles. The number of thiazole rings is 1. The van der Waals surface area contributed by atoms with Crippen LogP contribution in [-0.2, 0) is 17.7 Å². The molecule has 0 radical (unpaired) electrons. The van der Waals surface area contributed by atoms with Crippen LogP contribution in [0.1, 0.15) is 62.7 Å². The molecule has 110 valence electrons. The summed E-state index contributed by atoms with van der Waals surface area (Å²) in [6.07, 6.45) is 2.35. The highest BCUT2D eigenvalue weighted by Crippen LogP contribution is 2.31. The van der Waals surface area contributed by atoms with E-state index < -0.39 is 0 Å². The van der Waals surface area contributed by atoms with Crippen LogP contribution in [0.5, 0.6) is 0 Å². The molecule has 1 rings (SSSR count). The predicted octanol–water partition coefficient (Wildman–Crippen LogP) is 3.94. The number of rotatable bonds is 9. The number of aryl methyl sites for hydroxylation is 1. The minimum atomic E-state index is 0.140. The van der Waals surface area contributed by atoms with Gasteiger partial charge in [0.1, 0.15) is 11.1 Å². The van der Waals surface area contributed by atoms with Crippen molar-refractivity contribution < 1.29 is 4.74 Å². The SMILES string of the molecule is CCCc1nc(C(OCC)C(C)C)sc1CNCC. The predicted molar refractivity (Wildman–Crippen MR) is 82.7 cm³/mol. The largest absolute Gasteiger partial charge is 0.371 e. The maximum absolute atomic E-state index is 5.87. The fraction of sp³-hybridized carbons (Fsp3) is 0.800. The van der Waals surface area contributed by atoms with Gasteiger partial charge in [0.15, 0.2) is 0 Å². The third-order valence-corrected chi connectivity index (χ3v) is 4.17. The number of ether oxygens (including phenoxy) is 1. The van der Waals surface area contributed by atoms with Crippen LogP contribution in [0.2, 0.25) is 0 Å². The molecule has 4 heteroatoms. The summed E-state index contributed by atoms with van der Waals surface area (Å²) < 4.78 is 5.87. The van der Waals surface area contributed by atoms with Crippen LogP contribution >= 0.6 is 11.3 Å². The number of aromatic nitrogens is 1. The zero-order valence-corrected chi connectivity index (χ0v) is 13.8. The molecule has 0 saturated carbocycles. The highest BCUT2D eigenvalue weighted by molar-refractivity contribution is 7.11. The number of nitrogens with zero attached hydrogens (tertiary/aromatic N) is 1. The fourth-order valence-electron chi connectivity index (χ4n) is 2.06. The summed E-state index contributed by atoms with van der Waals surface area (Å²) in [6, 6.07) is 0. The molecule has 1 atom stereocenters. The Hall–Kier alpha value is -0.450. The highest BCUT2D eigenvalue weighted by atomic mass is 32.1. The lowest BCUT2D eigenvalue weighted by Crippen LogP contribution is -2.11. The van der Waals surface area contributed by atoms with Crippen molar-refractivity contribution in [1.29, 1.82) is 0 Å². The molecule has 0 amide bonds. The highest BCUT2D eigenvalue weighted by Gasteiger charge is 2.22. The molecule has 0 aromatic carbocycles. The monoisotopic (exact) mass is 284 g/mol. The van der Waals surface area contributed by atoms with Crippen LogP contribution in [0, 0.1) is 5.92 Å². The Labute approximate surface area is 121 Å². The van der Waals surface area contributed by atoms with E-state index in [-0.39, 0.29) is 6.10 Å². The molecule has 1 N–H and O–H groups in total. The zero-order valence-electron chi connectivity index (χ0n) is 13.0. The summed E-state index contributed by atoms with van der Waals surface area (Å²) in [7, 11) is 0. The van der Waals surface area contributed by atoms with E-state index >= 15 is 0 Å². The second kappa shape index (κ2) is 8.67. The molecule has 0 aliphatic heterocycles. The molecule has 0 saturated heterocycles. The summed E-state index contributed by atoms with van der Waals surface area (Å²) in [6.45, 7) is 13.5. The van der Waals surface area contributed by atoms with E-state index in [1.807, 2.05) is 11.3 Å². The molecule has 0 spiro atoms. The molecule has 1 aromatic heterocycles. The number of nitrogens with one attached hydrogen (secondary N) is 1. The van der Waals surface area contributed by atoms with E-state index in [2.05, 4.69) is 39.9 Å². The first kappa shape index (κ1) is 16.6. The molecular weight excluding hydrogens is 256 g/mol. The Morgan fingerprint density at radius 1 is 1.26 bits per heavy atom. The number of hydrogen-bond donors (Lipinski definition) is 1. The smallest absolute Gasteiger partial charge is 0.122 e. The van der Waals surface area contributed by atoms with Gasteiger partial charge in [-0.25, -0.2) is 4.98 Å². The van der Waals surface area contributed by atoms with Crippen molar-refractivity contribution >= 4 is 11.3 Å². The topological polar surface area (TPSA) is 34.1 Å². The van der Waals surface area contributed by atoms with E-state index in [1.54, 1.807) is 0 Å². The lowest BCUT2D eigenvalue weighted by atomic mass is 10.1. The quantitative estimate of drug-likeness (QED) is 0.746.